The lowest BCUT2D eigenvalue weighted by Crippen LogP contribution is -2.24. The Kier molecular flexibility index (Phi) is 21.6. The number of hydrogen-bond donors (Lipinski definition) is 4. The number of benzene rings is 6. The third-order valence-corrected chi connectivity index (χ3v) is 18.0. The summed E-state index contributed by atoms with van der Waals surface area (Å²) in [5.74, 6) is 1.14. The van der Waals surface area contributed by atoms with Crippen LogP contribution in [0.2, 0.25) is 0 Å². The van der Waals surface area contributed by atoms with E-state index >= 15 is 9.59 Å². The number of unbranched alkanes of at least 4 members (excludes halogenated alkanes) is 13. The fraction of sp³-hybridized carbons (Fsp3) is 0.466. The molecule has 0 aromatic heterocycles. The number of nitrogens with one attached hydrogen (secondary N) is 2. The number of ether oxygens (including phenoxy) is 2. The molecule has 82 heavy (non-hydrogen) atoms. The van der Waals surface area contributed by atoms with Gasteiger partial charge in [0.05, 0.1) is 40.2 Å². The second-order valence-corrected chi connectivity index (χ2v) is 24.0. The van der Waals surface area contributed by atoms with E-state index in [2.05, 4.69) is 72.6 Å². The van der Waals surface area contributed by atoms with Crippen LogP contribution in [-0.4, -0.2) is 21.8 Å². The van der Waals surface area contributed by atoms with E-state index in [1.165, 1.54) is 158 Å². The number of aromatic hydroxyl groups is 2. The first-order valence-electron chi connectivity index (χ1n) is 31.7. The van der Waals surface area contributed by atoms with Gasteiger partial charge in [-0.1, -0.05) is 178 Å². The van der Waals surface area contributed by atoms with Crippen molar-refractivity contribution in [3.8, 4) is 34.5 Å². The summed E-state index contributed by atoms with van der Waals surface area (Å²) in [5.41, 5.74) is 5.06. The van der Waals surface area contributed by atoms with Gasteiger partial charge in [0.1, 0.15) is 11.5 Å². The maximum atomic E-state index is 15.5. The summed E-state index contributed by atoms with van der Waals surface area (Å²) >= 11 is 0. The number of aryl methyl sites for hydroxylation is 1. The van der Waals surface area contributed by atoms with Gasteiger partial charge in [-0.15, -0.1) is 0 Å². The van der Waals surface area contributed by atoms with Gasteiger partial charge in [-0.2, -0.15) is 0 Å². The first kappa shape index (κ1) is 59.6. The Balaban J connectivity index is 1.01. The topological polar surface area (TPSA) is 121 Å². The SMILES string of the molecule is [C-]#[N+]c1ccc(Nc2cc(Oc3ccc(C4CCC(CCCCCCC)CC4)cc3)c(O)c3c2C(=O)c2c(O)c(Oc4ccc(C5CCC(CCCCCCC)CC5)cc4)cc(Nc4ccc(CCCCCCCC)cc4)c2C3=O)cc1. The lowest BCUT2D eigenvalue weighted by atomic mass is 9.77. The Morgan fingerprint density at radius 1 is 0.463 bits per heavy atom. The van der Waals surface area contributed by atoms with Crippen molar-refractivity contribution in [3.05, 3.63) is 160 Å². The van der Waals surface area contributed by atoms with Crippen molar-refractivity contribution < 1.29 is 29.3 Å². The number of hydrogen-bond acceptors (Lipinski definition) is 8. The molecule has 0 heterocycles. The first-order chi connectivity index (χ1) is 40.1. The minimum absolute atomic E-state index is 0.000418. The molecular weight excluding hydrogens is 1010 g/mol. The molecule has 0 aliphatic heterocycles. The third kappa shape index (κ3) is 15.3. The molecule has 3 aliphatic carbocycles. The molecule has 0 unspecified atom stereocenters. The molecule has 0 spiro atoms. The fourth-order valence-corrected chi connectivity index (χ4v) is 13.1. The van der Waals surface area contributed by atoms with E-state index < -0.39 is 23.1 Å². The maximum absolute atomic E-state index is 15.5. The van der Waals surface area contributed by atoms with E-state index in [-0.39, 0.29) is 45.1 Å². The van der Waals surface area contributed by atoms with Crippen LogP contribution in [0, 0.1) is 18.4 Å². The van der Waals surface area contributed by atoms with Crippen molar-refractivity contribution >= 4 is 40.0 Å². The predicted octanol–water partition coefficient (Wildman–Crippen LogP) is 21.7. The normalized spacial score (nSPS) is 17.6. The molecule has 2 fully saturated rings. The molecule has 432 valence electrons. The van der Waals surface area contributed by atoms with Crippen LogP contribution in [0.4, 0.5) is 28.4 Å². The number of phenolic OH excluding ortho intramolecular Hbond substituents is 2. The number of ketones is 2. The lowest BCUT2D eigenvalue weighted by molar-refractivity contribution is 0.0974. The molecule has 0 radical (unpaired) electrons. The Morgan fingerprint density at radius 3 is 1.24 bits per heavy atom. The molecule has 2 saturated carbocycles. The summed E-state index contributed by atoms with van der Waals surface area (Å²) in [5, 5.41) is 31.4. The fourth-order valence-electron chi connectivity index (χ4n) is 13.1. The van der Waals surface area contributed by atoms with Crippen molar-refractivity contribution in [2.24, 2.45) is 11.8 Å². The number of carbonyl (C=O) groups is 2. The Hall–Kier alpha value is -7.05. The van der Waals surface area contributed by atoms with E-state index in [0.717, 1.165) is 50.4 Å². The van der Waals surface area contributed by atoms with Crippen LogP contribution in [0.15, 0.2) is 109 Å². The average Bonchev–Trinajstić information content (AvgIpc) is 2.41. The molecule has 9 rings (SSSR count). The maximum Gasteiger partial charge on any atom is 0.200 e. The van der Waals surface area contributed by atoms with Crippen LogP contribution >= 0.6 is 0 Å². The second kappa shape index (κ2) is 29.8. The van der Waals surface area contributed by atoms with E-state index in [1.807, 2.05) is 36.4 Å². The zero-order valence-corrected chi connectivity index (χ0v) is 49.3. The summed E-state index contributed by atoms with van der Waals surface area (Å²) in [7, 11) is 0. The molecule has 6 aromatic rings. The van der Waals surface area contributed by atoms with Gasteiger partial charge in [0.25, 0.3) is 0 Å². The van der Waals surface area contributed by atoms with Gasteiger partial charge in [-0.05, 0) is 153 Å². The van der Waals surface area contributed by atoms with Gasteiger partial charge in [0.15, 0.2) is 28.7 Å². The highest BCUT2D eigenvalue weighted by Crippen LogP contribution is 2.51. The minimum atomic E-state index is -0.686. The zero-order chi connectivity index (χ0) is 57.2. The predicted molar refractivity (Wildman–Crippen MR) is 335 cm³/mol. The van der Waals surface area contributed by atoms with E-state index in [1.54, 1.807) is 30.3 Å². The van der Waals surface area contributed by atoms with Crippen LogP contribution in [0.25, 0.3) is 4.85 Å². The largest absolute Gasteiger partial charge is 0.504 e. The second-order valence-electron chi connectivity index (χ2n) is 24.0. The molecule has 9 nitrogen and oxygen atoms in total. The summed E-state index contributed by atoms with van der Waals surface area (Å²) in [6, 6.07) is 34.0. The number of nitrogens with zero attached hydrogens (tertiary/aromatic N) is 1. The molecule has 9 heteroatoms. The number of carbonyl (C=O) groups excluding carboxylic acids is 2. The minimum Gasteiger partial charge on any atom is -0.504 e. The number of rotatable bonds is 29. The van der Waals surface area contributed by atoms with Crippen LogP contribution in [0.3, 0.4) is 0 Å². The molecule has 4 N–H and O–H groups in total. The molecule has 0 atom stereocenters. The van der Waals surface area contributed by atoms with Crippen molar-refractivity contribution in [2.45, 2.75) is 206 Å². The molecular formula is C73H89N3O6. The number of fused-ring (bicyclic) bond motifs is 2. The van der Waals surface area contributed by atoms with E-state index in [4.69, 9.17) is 16.0 Å². The number of phenols is 2. The Bertz CT molecular complexity index is 3070. The van der Waals surface area contributed by atoms with Gasteiger partial charge < -0.3 is 30.3 Å². The summed E-state index contributed by atoms with van der Waals surface area (Å²) in [6.07, 6.45) is 33.7. The highest BCUT2D eigenvalue weighted by molar-refractivity contribution is 6.34. The lowest BCUT2D eigenvalue weighted by Gasteiger charge is -2.29. The van der Waals surface area contributed by atoms with Crippen LogP contribution in [0.1, 0.15) is 248 Å². The van der Waals surface area contributed by atoms with Gasteiger partial charge in [-0.3, -0.25) is 9.59 Å². The van der Waals surface area contributed by atoms with Crippen molar-refractivity contribution in [3.63, 3.8) is 0 Å². The Morgan fingerprint density at radius 2 is 0.841 bits per heavy atom. The Labute approximate surface area is 489 Å². The van der Waals surface area contributed by atoms with Gasteiger partial charge >= 0.3 is 0 Å². The smallest absolute Gasteiger partial charge is 0.200 e. The first-order valence-corrected chi connectivity index (χ1v) is 31.7. The number of anilines is 4. The average molecular weight is 1100 g/mol. The van der Waals surface area contributed by atoms with Gasteiger partial charge in [-0.25, -0.2) is 4.85 Å². The van der Waals surface area contributed by atoms with Gasteiger partial charge in [0, 0.05) is 23.5 Å². The third-order valence-electron chi connectivity index (χ3n) is 18.0. The molecule has 0 amide bonds. The van der Waals surface area contributed by atoms with Crippen molar-refractivity contribution in [2.75, 3.05) is 10.6 Å². The quantitative estimate of drug-likeness (QED) is 0.0208. The summed E-state index contributed by atoms with van der Waals surface area (Å²) in [4.78, 5) is 34.5. The highest BCUT2D eigenvalue weighted by atomic mass is 16.5. The highest BCUT2D eigenvalue weighted by Gasteiger charge is 2.41. The van der Waals surface area contributed by atoms with Crippen LogP contribution in [-0.2, 0) is 6.42 Å². The van der Waals surface area contributed by atoms with Crippen molar-refractivity contribution in [1.29, 1.82) is 0 Å². The van der Waals surface area contributed by atoms with Gasteiger partial charge in [0.2, 0.25) is 11.6 Å². The van der Waals surface area contributed by atoms with Crippen molar-refractivity contribution in [1.82, 2.24) is 0 Å². The summed E-state index contributed by atoms with van der Waals surface area (Å²) < 4.78 is 13.0. The van der Waals surface area contributed by atoms with E-state index in [0.29, 0.717) is 40.4 Å². The summed E-state index contributed by atoms with van der Waals surface area (Å²) in [6.45, 7) is 14.3. The molecule has 6 aromatic carbocycles. The molecule has 3 aliphatic rings. The van der Waals surface area contributed by atoms with E-state index in [9.17, 15) is 10.2 Å². The van der Waals surface area contributed by atoms with Crippen LogP contribution < -0.4 is 20.1 Å². The van der Waals surface area contributed by atoms with Crippen LogP contribution in [0.5, 0.6) is 34.5 Å². The molecule has 0 saturated heterocycles. The monoisotopic (exact) mass is 1100 g/mol. The molecule has 0 bridgehead atoms. The zero-order valence-electron chi connectivity index (χ0n) is 49.3. The standard InChI is InChI=1S/C73H89N3O6/c1-5-8-11-14-17-20-23-52-28-38-58(39-29-52)75-62-48-64(81-60-44-34-55(35-45-60)53-30-24-50(25-31-53)21-18-15-12-9-6-2)70(77)68-66(62)72(79)69-67(73(68)80)63(76-59-42-40-57(74-4)41-43-59)49-65(71(69)78)82-61-46-36-56(37-47-61)54-32-26-51(27-33-54)22-19-16-13-10-7-3/h28-29,34-51,53-54,75-78H,5-27,30-33H2,1-3H3.